The first-order valence-electron chi connectivity index (χ1n) is 12.2. The molecule has 0 spiro atoms. The Morgan fingerprint density at radius 1 is 0.769 bits per heavy atom. The summed E-state index contributed by atoms with van der Waals surface area (Å²) in [6, 6.07) is 27.1. The number of rotatable bonds is 8. The van der Waals surface area contributed by atoms with E-state index in [1.807, 2.05) is 54.6 Å². The number of carbonyl (C=O) groups is 1. The van der Waals surface area contributed by atoms with Gasteiger partial charge >= 0.3 is 5.97 Å². The third-order valence-corrected chi connectivity index (χ3v) is 6.35. The number of hydrogen-bond acceptors (Lipinski definition) is 7. The second-order valence-electron chi connectivity index (χ2n) is 8.70. The fourth-order valence-corrected chi connectivity index (χ4v) is 4.36. The Labute approximate surface area is 225 Å². The van der Waals surface area contributed by atoms with Crippen molar-refractivity contribution in [3.05, 3.63) is 112 Å². The highest BCUT2D eigenvalue weighted by atomic mass is 16.5. The molecular weight excluding hydrogens is 496 g/mol. The molecule has 7 heteroatoms. The lowest BCUT2D eigenvalue weighted by molar-refractivity contribution is 0.0600. The Hall–Kier alpha value is -5.04. The van der Waals surface area contributed by atoms with Crippen LogP contribution in [-0.2, 0) is 11.3 Å². The zero-order chi connectivity index (χ0) is 27.4. The molecule has 1 heterocycles. The molecule has 0 aliphatic rings. The van der Waals surface area contributed by atoms with E-state index in [9.17, 15) is 9.59 Å². The van der Waals surface area contributed by atoms with E-state index in [2.05, 4.69) is 0 Å². The van der Waals surface area contributed by atoms with Crippen molar-refractivity contribution >= 4 is 16.9 Å². The summed E-state index contributed by atoms with van der Waals surface area (Å²) in [4.78, 5) is 25.3. The molecule has 0 aliphatic heterocycles. The Morgan fingerprint density at radius 2 is 1.44 bits per heavy atom. The molecule has 5 rings (SSSR count). The Kier molecular flexibility index (Phi) is 7.32. The predicted molar refractivity (Wildman–Crippen MR) is 149 cm³/mol. The van der Waals surface area contributed by atoms with Gasteiger partial charge < -0.3 is 23.4 Å². The van der Waals surface area contributed by atoms with Crippen LogP contribution in [0.5, 0.6) is 17.2 Å². The van der Waals surface area contributed by atoms with Crippen LogP contribution in [0.3, 0.4) is 0 Å². The smallest absolute Gasteiger partial charge is 0.337 e. The largest absolute Gasteiger partial charge is 0.496 e. The van der Waals surface area contributed by atoms with Crippen molar-refractivity contribution in [2.24, 2.45) is 0 Å². The van der Waals surface area contributed by atoms with Crippen molar-refractivity contribution in [1.29, 1.82) is 0 Å². The molecule has 0 atom stereocenters. The van der Waals surface area contributed by atoms with Gasteiger partial charge in [0.05, 0.1) is 32.5 Å². The topological polar surface area (TPSA) is 84.2 Å². The third-order valence-electron chi connectivity index (χ3n) is 6.35. The van der Waals surface area contributed by atoms with Gasteiger partial charge in [-0.05, 0) is 47.5 Å². The summed E-state index contributed by atoms with van der Waals surface area (Å²) in [5.41, 5.74) is 3.47. The molecule has 5 aromatic rings. The zero-order valence-corrected chi connectivity index (χ0v) is 21.7. The number of ether oxygens (including phenoxy) is 4. The van der Waals surface area contributed by atoms with E-state index in [1.165, 1.54) is 27.4 Å². The minimum atomic E-state index is -0.446. The van der Waals surface area contributed by atoms with Gasteiger partial charge in [0.1, 0.15) is 35.0 Å². The van der Waals surface area contributed by atoms with E-state index in [-0.39, 0.29) is 10.8 Å². The van der Waals surface area contributed by atoms with Crippen molar-refractivity contribution in [1.82, 2.24) is 0 Å². The van der Waals surface area contributed by atoms with E-state index in [4.69, 9.17) is 23.4 Å². The molecule has 0 fully saturated rings. The predicted octanol–water partition coefficient (Wildman–Crippen LogP) is 6.51. The lowest BCUT2D eigenvalue weighted by Crippen LogP contribution is -2.05. The molecule has 1 aromatic heterocycles. The minimum Gasteiger partial charge on any atom is -0.496 e. The van der Waals surface area contributed by atoms with Gasteiger partial charge in [0.2, 0.25) is 0 Å². The van der Waals surface area contributed by atoms with Crippen molar-refractivity contribution in [3.63, 3.8) is 0 Å². The first-order chi connectivity index (χ1) is 19.0. The summed E-state index contributed by atoms with van der Waals surface area (Å²) in [6.07, 6.45) is 0. The van der Waals surface area contributed by atoms with Crippen LogP contribution in [0.2, 0.25) is 0 Å². The van der Waals surface area contributed by atoms with Crippen LogP contribution in [0.1, 0.15) is 15.9 Å². The molecule has 0 saturated heterocycles. The van der Waals surface area contributed by atoms with Gasteiger partial charge in [-0.3, -0.25) is 4.79 Å². The molecule has 0 saturated carbocycles. The van der Waals surface area contributed by atoms with Gasteiger partial charge in [0, 0.05) is 17.7 Å². The quantitative estimate of drug-likeness (QED) is 0.215. The average molecular weight is 523 g/mol. The molecule has 0 bridgehead atoms. The Morgan fingerprint density at radius 3 is 2.08 bits per heavy atom. The molecule has 0 unspecified atom stereocenters. The first kappa shape index (κ1) is 25.6. The average Bonchev–Trinajstić information content (AvgIpc) is 2.99. The molecule has 0 aliphatic carbocycles. The summed E-state index contributed by atoms with van der Waals surface area (Å²) in [5.74, 6) is 1.42. The summed E-state index contributed by atoms with van der Waals surface area (Å²) in [5, 5.41) is 0.289. The highest BCUT2D eigenvalue weighted by Gasteiger charge is 2.21. The van der Waals surface area contributed by atoms with Gasteiger partial charge in [-0.25, -0.2) is 4.79 Å². The van der Waals surface area contributed by atoms with Gasteiger partial charge in [-0.2, -0.15) is 0 Å². The van der Waals surface area contributed by atoms with Crippen LogP contribution in [0.25, 0.3) is 33.4 Å². The summed E-state index contributed by atoms with van der Waals surface area (Å²) >= 11 is 0. The highest BCUT2D eigenvalue weighted by Crippen LogP contribution is 2.42. The van der Waals surface area contributed by atoms with E-state index >= 15 is 0 Å². The van der Waals surface area contributed by atoms with Crippen molar-refractivity contribution in [2.75, 3.05) is 21.3 Å². The van der Waals surface area contributed by atoms with E-state index < -0.39 is 5.97 Å². The van der Waals surface area contributed by atoms with Crippen LogP contribution < -0.4 is 19.6 Å². The molecule has 39 heavy (non-hydrogen) atoms. The lowest BCUT2D eigenvalue weighted by Gasteiger charge is -2.15. The maximum absolute atomic E-state index is 13.4. The number of hydrogen-bond donors (Lipinski definition) is 0. The van der Waals surface area contributed by atoms with Crippen molar-refractivity contribution in [3.8, 4) is 39.7 Å². The molecule has 4 aromatic carbocycles. The number of carbonyl (C=O) groups excluding carboxylic acids is 1. The zero-order valence-electron chi connectivity index (χ0n) is 21.7. The van der Waals surface area contributed by atoms with Gasteiger partial charge in [0.15, 0.2) is 11.0 Å². The van der Waals surface area contributed by atoms with Gasteiger partial charge in [-0.15, -0.1) is 0 Å². The van der Waals surface area contributed by atoms with Crippen LogP contribution in [-0.4, -0.2) is 27.3 Å². The monoisotopic (exact) mass is 522 g/mol. The number of benzene rings is 4. The number of methoxy groups -OCH3 is 3. The molecule has 196 valence electrons. The SMILES string of the molecule is COC(=O)c1ccc(-c2c(OC)cc(OC)c3c(=O)cc(-c4ccc(OCc5ccccc5)cc4)oc23)cc1. The lowest BCUT2D eigenvalue weighted by atomic mass is 9.99. The third kappa shape index (κ3) is 5.20. The van der Waals surface area contributed by atoms with Crippen LogP contribution in [0.4, 0.5) is 0 Å². The highest BCUT2D eigenvalue weighted by molar-refractivity contribution is 6.00. The Balaban J connectivity index is 1.58. The molecule has 0 radical (unpaired) electrons. The summed E-state index contributed by atoms with van der Waals surface area (Å²) < 4.78 is 28.2. The second kappa shape index (κ2) is 11.1. The fourth-order valence-electron chi connectivity index (χ4n) is 4.36. The molecule has 7 nitrogen and oxygen atoms in total. The summed E-state index contributed by atoms with van der Waals surface area (Å²) in [6.45, 7) is 0.447. The minimum absolute atomic E-state index is 0.261. The first-order valence-corrected chi connectivity index (χ1v) is 12.2. The molecular formula is C32H26O7. The number of fused-ring (bicyclic) bond motifs is 1. The van der Waals surface area contributed by atoms with E-state index in [1.54, 1.807) is 30.3 Å². The van der Waals surface area contributed by atoms with Gasteiger partial charge in [-0.1, -0.05) is 42.5 Å². The number of esters is 1. The van der Waals surface area contributed by atoms with E-state index in [0.717, 1.165) is 5.56 Å². The molecule has 0 amide bonds. The second-order valence-corrected chi connectivity index (χ2v) is 8.70. The van der Waals surface area contributed by atoms with E-state index in [0.29, 0.717) is 57.5 Å². The van der Waals surface area contributed by atoms with Gasteiger partial charge in [0.25, 0.3) is 0 Å². The van der Waals surface area contributed by atoms with Crippen LogP contribution >= 0.6 is 0 Å². The van der Waals surface area contributed by atoms with Crippen LogP contribution in [0.15, 0.2) is 100 Å². The maximum Gasteiger partial charge on any atom is 0.337 e. The van der Waals surface area contributed by atoms with Crippen molar-refractivity contribution in [2.45, 2.75) is 6.61 Å². The standard InChI is InChI=1S/C32H26O7/c1-35-27-18-28(36-2)30-25(33)17-26(21-13-15-24(16-14-21)38-19-20-7-5-4-6-8-20)39-31(30)29(27)22-9-11-23(12-10-22)32(34)37-3/h4-18H,19H2,1-3H3. The van der Waals surface area contributed by atoms with Crippen molar-refractivity contribution < 1.29 is 28.2 Å². The fraction of sp³-hybridized carbons (Fsp3) is 0.125. The van der Waals surface area contributed by atoms with Crippen LogP contribution in [0, 0.1) is 0 Å². The Bertz CT molecular complexity index is 1670. The summed E-state index contributed by atoms with van der Waals surface area (Å²) in [7, 11) is 4.35. The molecule has 0 N–H and O–H groups in total. The maximum atomic E-state index is 13.4. The normalized spacial score (nSPS) is 10.7.